The quantitative estimate of drug-likeness (QED) is 0.400. The fraction of sp³-hybridized carbons (Fsp3) is 0.368. The van der Waals surface area contributed by atoms with E-state index in [9.17, 15) is 23.7 Å². The molecule has 11 heteroatoms. The fourth-order valence-corrected chi connectivity index (χ4v) is 3.46. The van der Waals surface area contributed by atoms with Crippen LogP contribution in [0.3, 0.4) is 0 Å². The van der Waals surface area contributed by atoms with Gasteiger partial charge in [0, 0.05) is 52.2 Å². The maximum atomic E-state index is 13.8. The van der Waals surface area contributed by atoms with Gasteiger partial charge in [-0.25, -0.2) is 13.8 Å². The van der Waals surface area contributed by atoms with Crippen LogP contribution in [-0.4, -0.2) is 54.0 Å². The molecular weight excluding hydrogens is 422 g/mol. The molecule has 0 N–H and O–H groups in total. The van der Waals surface area contributed by atoms with Crippen molar-refractivity contribution in [2.75, 3.05) is 32.1 Å². The summed E-state index contributed by atoms with van der Waals surface area (Å²) < 4.78 is 32.5. The molecule has 0 radical (unpaired) electrons. The van der Waals surface area contributed by atoms with Crippen LogP contribution in [0.5, 0.6) is 5.75 Å². The Labute approximate surface area is 176 Å². The molecule has 0 bridgehead atoms. The van der Waals surface area contributed by atoms with Crippen molar-refractivity contribution >= 4 is 28.9 Å². The average molecular weight is 441 g/mol. The summed E-state index contributed by atoms with van der Waals surface area (Å²) in [6.07, 6.45) is 0.524. The van der Waals surface area contributed by atoms with Gasteiger partial charge in [0.2, 0.25) is 5.15 Å². The van der Waals surface area contributed by atoms with Crippen molar-refractivity contribution in [1.82, 2.24) is 9.88 Å². The van der Waals surface area contributed by atoms with Crippen LogP contribution in [0.1, 0.15) is 23.3 Å². The number of carbonyl (C=O) groups is 1. The van der Waals surface area contributed by atoms with Gasteiger partial charge in [0.05, 0.1) is 4.92 Å². The minimum atomic E-state index is -0.791. The van der Waals surface area contributed by atoms with Gasteiger partial charge in [-0.2, -0.15) is 0 Å². The molecule has 1 fully saturated rings. The number of halogens is 3. The molecule has 160 valence electrons. The normalized spacial score (nSPS) is 14.5. The van der Waals surface area contributed by atoms with Crippen molar-refractivity contribution in [3.8, 4) is 5.75 Å². The van der Waals surface area contributed by atoms with Crippen LogP contribution < -0.4 is 9.64 Å². The van der Waals surface area contributed by atoms with Crippen LogP contribution in [-0.2, 0) is 0 Å². The molecule has 2 aromatic rings. The molecule has 0 unspecified atom stereocenters. The topological polar surface area (TPSA) is 88.8 Å². The van der Waals surface area contributed by atoms with Gasteiger partial charge in [-0.05, 0) is 12.1 Å². The number of pyridine rings is 1. The molecule has 0 atom stereocenters. The zero-order valence-corrected chi connectivity index (χ0v) is 17.0. The van der Waals surface area contributed by atoms with Crippen molar-refractivity contribution in [3.63, 3.8) is 0 Å². The molecule has 1 aliphatic heterocycles. The largest absolute Gasteiger partial charge is 0.487 e. The molecule has 0 spiro atoms. The zero-order valence-electron chi connectivity index (χ0n) is 16.3. The van der Waals surface area contributed by atoms with E-state index in [0.717, 1.165) is 12.1 Å². The Morgan fingerprint density at radius 2 is 1.97 bits per heavy atom. The van der Waals surface area contributed by atoms with Gasteiger partial charge in [-0.15, -0.1) is 0 Å². The third-order valence-corrected chi connectivity index (χ3v) is 4.97. The number of rotatable bonds is 5. The molecule has 1 saturated heterocycles. The van der Waals surface area contributed by atoms with E-state index in [4.69, 9.17) is 16.3 Å². The molecule has 3 rings (SSSR count). The molecular formula is C19H19ClF2N4O4. The van der Waals surface area contributed by atoms with E-state index in [0.29, 0.717) is 25.9 Å². The van der Waals surface area contributed by atoms with Gasteiger partial charge in [-0.1, -0.05) is 11.6 Å². The predicted octanol–water partition coefficient (Wildman–Crippen LogP) is 3.67. The van der Waals surface area contributed by atoms with E-state index in [-0.39, 0.29) is 34.1 Å². The summed E-state index contributed by atoms with van der Waals surface area (Å²) in [7, 11) is 3.08. The number of ether oxygens (including phenoxy) is 1. The second-order valence-electron chi connectivity index (χ2n) is 7.00. The van der Waals surface area contributed by atoms with E-state index in [1.165, 1.54) is 31.1 Å². The molecule has 0 aliphatic carbocycles. The number of benzene rings is 1. The number of anilines is 1. The molecule has 1 aromatic heterocycles. The standard InChI is InChI=1S/C19H19ClF2N4O4/c1-24(2)19(27)14-10-15(17(26(28)29)18(20)23-14)25-7-5-12(6-8-25)30-16-4-3-11(21)9-13(16)22/h3-4,9-10,12H,5-8H2,1-2H3. The molecule has 0 saturated carbocycles. The highest BCUT2D eigenvalue weighted by atomic mass is 35.5. The summed E-state index contributed by atoms with van der Waals surface area (Å²) in [5, 5.41) is 11.2. The Balaban J connectivity index is 1.80. The van der Waals surface area contributed by atoms with Gasteiger partial charge in [-0.3, -0.25) is 14.9 Å². The monoisotopic (exact) mass is 440 g/mol. The number of aromatic nitrogens is 1. The Morgan fingerprint density at radius 1 is 1.30 bits per heavy atom. The summed E-state index contributed by atoms with van der Waals surface area (Å²) in [5.41, 5.74) is -0.190. The van der Waals surface area contributed by atoms with E-state index in [2.05, 4.69) is 4.98 Å². The van der Waals surface area contributed by atoms with E-state index in [1.807, 2.05) is 0 Å². The minimum Gasteiger partial charge on any atom is -0.487 e. The summed E-state index contributed by atoms with van der Waals surface area (Å²) in [4.78, 5) is 30.0. The lowest BCUT2D eigenvalue weighted by Crippen LogP contribution is -2.39. The van der Waals surface area contributed by atoms with Crippen LogP contribution in [0.15, 0.2) is 24.3 Å². The summed E-state index contributed by atoms with van der Waals surface area (Å²) in [6.45, 7) is 0.703. The van der Waals surface area contributed by atoms with Crippen molar-refractivity contribution < 1.29 is 23.2 Å². The third kappa shape index (κ3) is 4.59. The first kappa shape index (κ1) is 21.7. The molecule has 30 heavy (non-hydrogen) atoms. The first-order valence-corrected chi connectivity index (χ1v) is 9.48. The third-order valence-electron chi connectivity index (χ3n) is 4.71. The maximum absolute atomic E-state index is 13.8. The highest BCUT2D eigenvalue weighted by Crippen LogP contribution is 2.36. The average Bonchev–Trinajstić information content (AvgIpc) is 2.69. The second-order valence-corrected chi connectivity index (χ2v) is 7.36. The highest BCUT2D eigenvalue weighted by Gasteiger charge is 2.31. The number of nitro groups is 1. The summed E-state index contributed by atoms with van der Waals surface area (Å²) >= 11 is 6.02. The number of hydrogen-bond acceptors (Lipinski definition) is 6. The number of piperidine rings is 1. The fourth-order valence-electron chi connectivity index (χ4n) is 3.21. The Hall–Kier alpha value is -3.01. The van der Waals surface area contributed by atoms with Crippen LogP contribution in [0.4, 0.5) is 20.2 Å². The van der Waals surface area contributed by atoms with Gasteiger partial charge in [0.1, 0.15) is 23.3 Å². The smallest absolute Gasteiger partial charge is 0.329 e. The Kier molecular flexibility index (Phi) is 6.35. The lowest BCUT2D eigenvalue weighted by Gasteiger charge is -2.33. The predicted molar refractivity (Wildman–Crippen MR) is 106 cm³/mol. The number of carbonyl (C=O) groups excluding carboxylic acids is 1. The lowest BCUT2D eigenvalue weighted by molar-refractivity contribution is -0.384. The summed E-state index contributed by atoms with van der Waals surface area (Å²) in [5.74, 6) is -1.97. The second kappa shape index (κ2) is 8.78. The lowest BCUT2D eigenvalue weighted by atomic mass is 10.1. The zero-order chi connectivity index (χ0) is 22.0. The Morgan fingerprint density at radius 3 is 2.53 bits per heavy atom. The summed E-state index contributed by atoms with van der Waals surface area (Å²) in [6, 6.07) is 4.44. The Bertz CT molecular complexity index is 981. The number of hydrogen-bond donors (Lipinski definition) is 0. The number of nitrogens with zero attached hydrogens (tertiary/aromatic N) is 4. The van der Waals surface area contributed by atoms with Crippen LogP contribution in [0.2, 0.25) is 5.15 Å². The van der Waals surface area contributed by atoms with Crippen molar-refractivity contribution in [3.05, 3.63) is 56.9 Å². The molecule has 1 aliphatic rings. The van der Waals surface area contributed by atoms with Gasteiger partial charge in [0.25, 0.3) is 5.91 Å². The van der Waals surface area contributed by atoms with E-state index >= 15 is 0 Å². The SMILES string of the molecule is CN(C)C(=O)c1cc(N2CCC(Oc3ccc(F)cc3F)CC2)c([N+](=O)[O-])c(Cl)n1. The van der Waals surface area contributed by atoms with E-state index < -0.39 is 22.5 Å². The minimum absolute atomic E-state index is 0.00245. The first-order chi connectivity index (χ1) is 14.2. The van der Waals surface area contributed by atoms with Crippen molar-refractivity contribution in [2.24, 2.45) is 0 Å². The first-order valence-electron chi connectivity index (χ1n) is 9.10. The van der Waals surface area contributed by atoms with Gasteiger partial charge >= 0.3 is 5.69 Å². The van der Waals surface area contributed by atoms with Crippen LogP contribution >= 0.6 is 11.6 Å². The highest BCUT2D eigenvalue weighted by molar-refractivity contribution is 6.32. The van der Waals surface area contributed by atoms with Crippen LogP contribution in [0.25, 0.3) is 0 Å². The molecule has 2 heterocycles. The van der Waals surface area contributed by atoms with Gasteiger partial charge in [0.15, 0.2) is 11.6 Å². The number of amides is 1. The van der Waals surface area contributed by atoms with Crippen molar-refractivity contribution in [2.45, 2.75) is 18.9 Å². The maximum Gasteiger partial charge on any atom is 0.329 e. The molecule has 1 aromatic carbocycles. The molecule has 1 amide bonds. The molecule has 8 nitrogen and oxygen atoms in total. The van der Waals surface area contributed by atoms with Crippen LogP contribution in [0, 0.1) is 21.7 Å². The van der Waals surface area contributed by atoms with E-state index in [1.54, 1.807) is 4.90 Å². The van der Waals surface area contributed by atoms with Crippen molar-refractivity contribution in [1.29, 1.82) is 0 Å². The van der Waals surface area contributed by atoms with Gasteiger partial charge < -0.3 is 14.5 Å².